The lowest BCUT2D eigenvalue weighted by Gasteiger charge is -2.15. The van der Waals surface area contributed by atoms with Crippen LogP contribution in [0.25, 0.3) is 10.9 Å². The topological polar surface area (TPSA) is 78.1 Å². The van der Waals surface area contributed by atoms with E-state index < -0.39 is 0 Å². The third-order valence-electron chi connectivity index (χ3n) is 3.49. The van der Waals surface area contributed by atoms with E-state index in [2.05, 4.69) is 20.2 Å². The molecular weight excluding hydrogens is 256 g/mol. The van der Waals surface area contributed by atoms with Gasteiger partial charge in [-0.1, -0.05) is 0 Å². The first-order valence-corrected chi connectivity index (χ1v) is 6.61. The van der Waals surface area contributed by atoms with E-state index >= 15 is 0 Å². The van der Waals surface area contributed by atoms with Crippen LogP contribution in [0.4, 0.5) is 5.69 Å². The maximum atomic E-state index is 11.9. The summed E-state index contributed by atoms with van der Waals surface area (Å²) in [5, 5.41) is 3.35. The van der Waals surface area contributed by atoms with E-state index in [1.807, 2.05) is 7.05 Å². The van der Waals surface area contributed by atoms with Gasteiger partial charge in [0.25, 0.3) is 5.56 Å². The van der Waals surface area contributed by atoms with E-state index in [1.165, 1.54) is 19.2 Å². The molecule has 6 nitrogen and oxygen atoms in total. The van der Waals surface area contributed by atoms with Crippen LogP contribution in [0.15, 0.2) is 29.3 Å². The van der Waals surface area contributed by atoms with Gasteiger partial charge in [-0.2, -0.15) is 0 Å². The number of benzene rings is 1. The molecule has 2 aromatic rings. The molecule has 0 radical (unpaired) electrons. The molecule has 1 saturated carbocycles. The van der Waals surface area contributed by atoms with Crippen molar-refractivity contribution in [2.24, 2.45) is 0 Å². The van der Waals surface area contributed by atoms with Crippen LogP contribution in [0, 0.1) is 0 Å². The molecule has 2 N–H and O–H groups in total. The molecule has 0 aliphatic heterocycles. The SMILES string of the molecule is CN(CC(=O)Nc1ccc2c(=O)[nH]cnc2c1)C1CC1. The van der Waals surface area contributed by atoms with Gasteiger partial charge in [-0.3, -0.25) is 14.5 Å². The zero-order chi connectivity index (χ0) is 14.1. The van der Waals surface area contributed by atoms with Crippen molar-refractivity contribution in [3.05, 3.63) is 34.9 Å². The maximum absolute atomic E-state index is 11.9. The Bertz CT molecular complexity index is 706. The lowest BCUT2D eigenvalue weighted by Crippen LogP contribution is -2.31. The van der Waals surface area contributed by atoms with Gasteiger partial charge in [-0.15, -0.1) is 0 Å². The van der Waals surface area contributed by atoms with Crippen molar-refractivity contribution < 1.29 is 4.79 Å². The Hall–Kier alpha value is -2.21. The van der Waals surface area contributed by atoms with Crippen molar-refractivity contribution >= 4 is 22.5 Å². The highest BCUT2D eigenvalue weighted by Crippen LogP contribution is 2.25. The zero-order valence-electron chi connectivity index (χ0n) is 11.2. The van der Waals surface area contributed by atoms with Gasteiger partial charge in [0.1, 0.15) is 0 Å². The minimum Gasteiger partial charge on any atom is -0.325 e. The van der Waals surface area contributed by atoms with Crippen molar-refractivity contribution in [2.75, 3.05) is 18.9 Å². The predicted molar refractivity (Wildman–Crippen MR) is 76.6 cm³/mol. The van der Waals surface area contributed by atoms with Gasteiger partial charge in [-0.25, -0.2) is 4.98 Å². The number of H-pyrrole nitrogens is 1. The number of nitrogens with one attached hydrogen (secondary N) is 2. The fourth-order valence-corrected chi connectivity index (χ4v) is 2.22. The summed E-state index contributed by atoms with van der Waals surface area (Å²) in [7, 11) is 1.96. The third-order valence-corrected chi connectivity index (χ3v) is 3.49. The number of aromatic nitrogens is 2. The average molecular weight is 272 g/mol. The average Bonchev–Trinajstić information content (AvgIpc) is 3.23. The molecule has 0 atom stereocenters. The number of amides is 1. The number of carbonyl (C=O) groups is 1. The largest absolute Gasteiger partial charge is 0.325 e. The Kier molecular flexibility index (Phi) is 3.23. The van der Waals surface area contributed by atoms with Crippen LogP contribution < -0.4 is 10.9 Å². The molecule has 1 aromatic heterocycles. The number of anilines is 1. The molecule has 1 aliphatic carbocycles. The molecule has 6 heteroatoms. The van der Waals surface area contributed by atoms with Gasteiger partial charge in [0, 0.05) is 11.7 Å². The Labute approximate surface area is 115 Å². The van der Waals surface area contributed by atoms with Gasteiger partial charge in [-0.05, 0) is 38.1 Å². The van der Waals surface area contributed by atoms with Crippen LogP contribution in [0.3, 0.4) is 0 Å². The second-order valence-corrected chi connectivity index (χ2v) is 5.16. The minimum atomic E-state index is -0.179. The highest BCUT2D eigenvalue weighted by Gasteiger charge is 2.27. The van der Waals surface area contributed by atoms with Gasteiger partial charge in [0.15, 0.2) is 0 Å². The standard InChI is InChI=1S/C14H16N4O2/c1-18(10-3-4-10)7-13(19)17-9-2-5-11-12(6-9)15-8-16-14(11)20/h2,5-6,8,10H,3-4,7H2,1H3,(H,17,19)(H,15,16,20). The summed E-state index contributed by atoms with van der Waals surface area (Å²) in [5.74, 6) is -0.0522. The van der Waals surface area contributed by atoms with E-state index in [9.17, 15) is 9.59 Å². The lowest BCUT2D eigenvalue weighted by atomic mass is 10.2. The molecule has 3 rings (SSSR count). The monoisotopic (exact) mass is 272 g/mol. The molecule has 1 fully saturated rings. The summed E-state index contributed by atoms with van der Waals surface area (Å²) in [4.78, 5) is 32.1. The van der Waals surface area contributed by atoms with Crippen molar-refractivity contribution in [3.63, 3.8) is 0 Å². The predicted octanol–water partition coefficient (Wildman–Crippen LogP) is 0.956. The fraction of sp³-hybridized carbons (Fsp3) is 0.357. The van der Waals surface area contributed by atoms with Gasteiger partial charge >= 0.3 is 0 Å². The molecule has 1 aromatic carbocycles. The molecule has 0 spiro atoms. The minimum absolute atomic E-state index is 0.0522. The molecule has 1 aliphatic rings. The Morgan fingerprint density at radius 2 is 2.30 bits per heavy atom. The summed E-state index contributed by atoms with van der Waals surface area (Å²) in [6.07, 6.45) is 3.70. The van der Waals surface area contributed by atoms with Gasteiger partial charge in [0.05, 0.1) is 23.8 Å². The molecular formula is C14H16N4O2. The summed E-state index contributed by atoms with van der Waals surface area (Å²) >= 11 is 0. The number of aromatic amines is 1. The molecule has 1 heterocycles. The van der Waals surface area contributed by atoms with Crippen LogP contribution in [0.2, 0.25) is 0 Å². The smallest absolute Gasteiger partial charge is 0.258 e. The first-order valence-electron chi connectivity index (χ1n) is 6.61. The highest BCUT2D eigenvalue weighted by molar-refractivity contribution is 5.94. The summed E-state index contributed by atoms with van der Waals surface area (Å²) in [6, 6.07) is 5.65. The zero-order valence-corrected chi connectivity index (χ0v) is 11.2. The fourth-order valence-electron chi connectivity index (χ4n) is 2.22. The second kappa shape index (κ2) is 5.05. The maximum Gasteiger partial charge on any atom is 0.258 e. The third kappa shape index (κ3) is 2.70. The van der Waals surface area contributed by atoms with E-state index in [4.69, 9.17) is 0 Å². The van der Waals surface area contributed by atoms with Crippen LogP contribution in [-0.2, 0) is 4.79 Å². The van der Waals surface area contributed by atoms with Crippen LogP contribution in [0.5, 0.6) is 0 Å². The molecule has 0 unspecified atom stereocenters. The molecule has 0 bridgehead atoms. The Morgan fingerprint density at radius 1 is 1.50 bits per heavy atom. The Balaban J connectivity index is 1.73. The van der Waals surface area contributed by atoms with Crippen LogP contribution in [0.1, 0.15) is 12.8 Å². The second-order valence-electron chi connectivity index (χ2n) is 5.16. The number of carbonyl (C=O) groups excluding carboxylic acids is 1. The highest BCUT2D eigenvalue weighted by atomic mass is 16.2. The van der Waals surface area contributed by atoms with Crippen LogP contribution >= 0.6 is 0 Å². The molecule has 104 valence electrons. The van der Waals surface area contributed by atoms with Crippen molar-refractivity contribution in [1.82, 2.24) is 14.9 Å². The van der Waals surface area contributed by atoms with Crippen molar-refractivity contribution in [3.8, 4) is 0 Å². The summed E-state index contributed by atoms with van der Waals surface area (Å²) in [6.45, 7) is 0.380. The summed E-state index contributed by atoms with van der Waals surface area (Å²) in [5.41, 5.74) is 1.05. The molecule has 1 amide bonds. The van der Waals surface area contributed by atoms with Gasteiger partial charge in [0.2, 0.25) is 5.91 Å². The van der Waals surface area contributed by atoms with Crippen molar-refractivity contribution in [2.45, 2.75) is 18.9 Å². The number of hydrogen-bond donors (Lipinski definition) is 2. The normalized spacial score (nSPS) is 14.7. The number of nitrogens with zero attached hydrogens (tertiary/aromatic N) is 2. The first-order chi connectivity index (χ1) is 9.63. The van der Waals surface area contributed by atoms with Crippen LogP contribution in [-0.4, -0.2) is 40.4 Å². The Morgan fingerprint density at radius 3 is 3.05 bits per heavy atom. The molecule has 20 heavy (non-hydrogen) atoms. The molecule has 0 saturated heterocycles. The number of fused-ring (bicyclic) bond motifs is 1. The lowest BCUT2D eigenvalue weighted by molar-refractivity contribution is -0.117. The van der Waals surface area contributed by atoms with E-state index in [1.54, 1.807) is 18.2 Å². The van der Waals surface area contributed by atoms with E-state index in [0.29, 0.717) is 29.2 Å². The first kappa shape index (κ1) is 12.8. The van der Waals surface area contributed by atoms with Gasteiger partial charge < -0.3 is 10.3 Å². The number of rotatable bonds is 4. The van der Waals surface area contributed by atoms with Crippen molar-refractivity contribution in [1.29, 1.82) is 0 Å². The quantitative estimate of drug-likeness (QED) is 0.869. The number of likely N-dealkylation sites (N-methyl/N-ethyl adjacent to an activating group) is 1. The summed E-state index contributed by atoms with van der Waals surface area (Å²) < 4.78 is 0. The van der Waals surface area contributed by atoms with E-state index in [0.717, 1.165) is 0 Å². The number of hydrogen-bond acceptors (Lipinski definition) is 4. The van der Waals surface area contributed by atoms with E-state index in [-0.39, 0.29) is 11.5 Å².